The van der Waals surface area contributed by atoms with E-state index in [4.69, 9.17) is 0 Å². The first-order valence-corrected chi connectivity index (χ1v) is 7.92. The molecule has 0 heterocycles. The summed E-state index contributed by atoms with van der Waals surface area (Å²) in [5, 5.41) is 0. The molecule has 3 aliphatic rings. The predicted molar refractivity (Wildman–Crippen MR) is 88.9 cm³/mol. The van der Waals surface area contributed by atoms with Gasteiger partial charge in [-0.05, 0) is 41.9 Å². The van der Waals surface area contributed by atoms with Crippen LogP contribution < -0.4 is 0 Å². The van der Waals surface area contributed by atoms with Gasteiger partial charge in [0.25, 0.3) is 0 Å². The molecule has 0 unspecified atom stereocenters. The lowest BCUT2D eigenvalue weighted by Crippen LogP contribution is -2.21. The van der Waals surface area contributed by atoms with Crippen molar-refractivity contribution in [2.45, 2.75) is 19.3 Å². The van der Waals surface area contributed by atoms with Crippen LogP contribution in [0.2, 0.25) is 0 Å². The number of hydrogen-bond donors (Lipinski definition) is 0. The van der Waals surface area contributed by atoms with Crippen LogP contribution in [0.1, 0.15) is 24.0 Å². The van der Waals surface area contributed by atoms with Gasteiger partial charge >= 0.3 is 0 Å². The number of hydrogen-bond acceptors (Lipinski definition) is 0. The van der Waals surface area contributed by atoms with Crippen LogP contribution in [0.15, 0.2) is 78.4 Å². The highest BCUT2D eigenvalue weighted by molar-refractivity contribution is 5.72. The minimum absolute atomic E-state index is 0.621. The van der Waals surface area contributed by atoms with Gasteiger partial charge in [0.2, 0.25) is 0 Å². The van der Waals surface area contributed by atoms with E-state index >= 15 is 0 Å². The monoisotopic (exact) mass is 272 g/mol. The molecular weight excluding hydrogens is 252 g/mol. The normalized spacial score (nSPS) is 23.6. The van der Waals surface area contributed by atoms with Gasteiger partial charge < -0.3 is 0 Å². The number of benzene rings is 2. The molecule has 0 nitrogen and oxygen atoms in total. The average Bonchev–Trinajstić information content (AvgIpc) is 2.57. The zero-order chi connectivity index (χ0) is 14.1. The highest BCUT2D eigenvalue weighted by Crippen LogP contribution is 2.44. The molecule has 2 aromatic carbocycles. The van der Waals surface area contributed by atoms with Gasteiger partial charge in [0.05, 0.1) is 0 Å². The van der Waals surface area contributed by atoms with Crippen LogP contribution in [0.5, 0.6) is 0 Å². The molecule has 0 fully saturated rings. The van der Waals surface area contributed by atoms with Gasteiger partial charge in [0.15, 0.2) is 0 Å². The Balaban J connectivity index is 1.60. The second kappa shape index (κ2) is 5.37. The third-order valence-electron chi connectivity index (χ3n) is 4.82. The Morgan fingerprint density at radius 3 is 2.05 bits per heavy atom. The Morgan fingerprint density at radius 1 is 0.714 bits per heavy atom. The van der Waals surface area contributed by atoms with Gasteiger partial charge in [0.1, 0.15) is 0 Å². The first-order chi connectivity index (χ1) is 10.4. The molecule has 21 heavy (non-hydrogen) atoms. The lowest BCUT2D eigenvalue weighted by atomic mass is 9.69. The number of allylic oxidation sites excluding steroid dienone is 4. The molecule has 2 bridgehead atoms. The highest BCUT2D eigenvalue weighted by atomic mass is 14.3. The summed E-state index contributed by atoms with van der Waals surface area (Å²) in [5.74, 6) is 1.27. The van der Waals surface area contributed by atoms with Crippen LogP contribution in [-0.4, -0.2) is 0 Å². The van der Waals surface area contributed by atoms with Crippen molar-refractivity contribution in [3.05, 3.63) is 89.5 Å². The Labute approximate surface area is 126 Å². The van der Waals surface area contributed by atoms with Crippen molar-refractivity contribution in [3.8, 4) is 0 Å². The summed E-state index contributed by atoms with van der Waals surface area (Å²) in [6.45, 7) is 0. The molecule has 5 rings (SSSR count). The summed E-state index contributed by atoms with van der Waals surface area (Å²) in [4.78, 5) is 0. The Morgan fingerprint density at radius 2 is 1.38 bits per heavy atom. The molecule has 0 spiro atoms. The van der Waals surface area contributed by atoms with E-state index in [1.54, 1.807) is 11.1 Å². The first kappa shape index (κ1) is 12.6. The van der Waals surface area contributed by atoms with E-state index in [9.17, 15) is 0 Å². The van der Waals surface area contributed by atoms with Gasteiger partial charge in [0, 0.05) is 5.92 Å². The maximum Gasteiger partial charge on any atom is 0.00243 e. The van der Waals surface area contributed by atoms with Gasteiger partial charge in [-0.15, -0.1) is 0 Å². The summed E-state index contributed by atoms with van der Waals surface area (Å²) < 4.78 is 0. The van der Waals surface area contributed by atoms with Gasteiger partial charge in [-0.1, -0.05) is 78.4 Å². The van der Waals surface area contributed by atoms with E-state index in [0.717, 1.165) is 6.42 Å². The molecular formula is C21H20. The largest absolute Gasteiger partial charge is 0.0769 e. The summed E-state index contributed by atoms with van der Waals surface area (Å²) in [6.07, 6.45) is 8.81. The van der Waals surface area contributed by atoms with Crippen LogP contribution in [0.3, 0.4) is 0 Å². The molecule has 3 aliphatic carbocycles. The minimum atomic E-state index is 0.621. The van der Waals surface area contributed by atoms with E-state index in [2.05, 4.69) is 72.8 Å². The maximum atomic E-state index is 2.55. The molecule has 2 aromatic rings. The first-order valence-electron chi connectivity index (χ1n) is 7.92. The highest BCUT2D eigenvalue weighted by Gasteiger charge is 2.30. The molecule has 2 atom stereocenters. The van der Waals surface area contributed by atoms with Crippen LogP contribution in [0.25, 0.3) is 5.57 Å². The summed E-state index contributed by atoms with van der Waals surface area (Å²) in [6, 6.07) is 21.7. The number of fused-ring (bicyclic) bond motifs is 1. The van der Waals surface area contributed by atoms with Crippen molar-refractivity contribution in [1.29, 1.82) is 0 Å². The standard InChI is InChI=1S/C21H20/c1-3-7-16(8-4-1)13-20-14-19-12-11-18(20)15-21(19)17-9-5-2-6-10-17/h1-10,14-15,18-19H,11-13H2/t18-,19-/m1/s1. The molecule has 0 radical (unpaired) electrons. The third kappa shape index (κ3) is 2.47. The smallest absolute Gasteiger partial charge is 0.00243 e. The maximum absolute atomic E-state index is 2.55. The van der Waals surface area contributed by atoms with E-state index in [1.165, 1.54) is 24.0 Å². The molecule has 0 saturated carbocycles. The van der Waals surface area contributed by atoms with E-state index in [0.29, 0.717) is 11.8 Å². The van der Waals surface area contributed by atoms with Crippen molar-refractivity contribution in [1.82, 2.24) is 0 Å². The summed E-state index contributed by atoms with van der Waals surface area (Å²) >= 11 is 0. The van der Waals surface area contributed by atoms with Crippen LogP contribution in [0.4, 0.5) is 0 Å². The fourth-order valence-corrected chi connectivity index (χ4v) is 3.75. The minimum Gasteiger partial charge on any atom is -0.0769 e. The second-order valence-electron chi connectivity index (χ2n) is 6.18. The van der Waals surface area contributed by atoms with Crippen molar-refractivity contribution >= 4 is 5.57 Å². The molecule has 0 saturated heterocycles. The molecule has 0 aromatic heterocycles. The SMILES string of the molecule is C1=C(Cc2ccccc2)[C@H]2C=C(c3ccccc3)[C@@H]1CC2. The zero-order valence-corrected chi connectivity index (χ0v) is 12.2. The van der Waals surface area contributed by atoms with Crippen LogP contribution in [-0.2, 0) is 6.42 Å². The van der Waals surface area contributed by atoms with Crippen molar-refractivity contribution in [3.63, 3.8) is 0 Å². The van der Waals surface area contributed by atoms with Crippen molar-refractivity contribution in [2.24, 2.45) is 11.8 Å². The Hall–Kier alpha value is -2.08. The van der Waals surface area contributed by atoms with Crippen molar-refractivity contribution < 1.29 is 0 Å². The number of rotatable bonds is 3. The summed E-state index contributed by atoms with van der Waals surface area (Å²) in [5.41, 5.74) is 6.01. The predicted octanol–water partition coefficient (Wildman–Crippen LogP) is 5.28. The van der Waals surface area contributed by atoms with E-state index < -0.39 is 0 Å². The quantitative estimate of drug-likeness (QED) is 0.667. The zero-order valence-electron chi connectivity index (χ0n) is 12.2. The van der Waals surface area contributed by atoms with Gasteiger partial charge in [-0.3, -0.25) is 0 Å². The van der Waals surface area contributed by atoms with Crippen LogP contribution >= 0.6 is 0 Å². The molecule has 0 aliphatic heterocycles. The topological polar surface area (TPSA) is 0 Å². The second-order valence-corrected chi connectivity index (χ2v) is 6.18. The van der Waals surface area contributed by atoms with Crippen molar-refractivity contribution in [2.75, 3.05) is 0 Å². The molecule has 0 N–H and O–H groups in total. The third-order valence-corrected chi connectivity index (χ3v) is 4.82. The van der Waals surface area contributed by atoms with E-state index in [-0.39, 0.29) is 0 Å². The fourth-order valence-electron chi connectivity index (χ4n) is 3.75. The lowest BCUT2D eigenvalue weighted by Gasteiger charge is -2.35. The fraction of sp³-hybridized carbons (Fsp3) is 0.238. The molecule has 0 amide bonds. The van der Waals surface area contributed by atoms with Crippen LogP contribution in [0, 0.1) is 11.8 Å². The average molecular weight is 272 g/mol. The van der Waals surface area contributed by atoms with Gasteiger partial charge in [-0.25, -0.2) is 0 Å². The van der Waals surface area contributed by atoms with E-state index in [1.807, 2.05) is 0 Å². The van der Waals surface area contributed by atoms with Gasteiger partial charge in [-0.2, -0.15) is 0 Å². The molecule has 0 heteroatoms. The lowest BCUT2D eigenvalue weighted by molar-refractivity contribution is 0.509. The summed E-state index contributed by atoms with van der Waals surface area (Å²) in [7, 11) is 0. The Bertz CT molecular complexity index is 676. The molecule has 104 valence electrons. The Kier molecular flexibility index (Phi) is 3.23.